The van der Waals surface area contributed by atoms with Crippen molar-refractivity contribution in [2.24, 2.45) is 5.41 Å². The number of nitrogens with zero attached hydrogens (tertiary/aromatic N) is 5. The third-order valence-electron chi connectivity index (χ3n) is 6.66. The van der Waals surface area contributed by atoms with Crippen molar-refractivity contribution in [3.8, 4) is 0 Å². The predicted octanol–water partition coefficient (Wildman–Crippen LogP) is 3.47. The second-order valence-corrected chi connectivity index (χ2v) is 10.4. The first-order valence-corrected chi connectivity index (χ1v) is 11.6. The molecule has 9 nitrogen and oxygen atoms in total. The number of halogens is 1. The summed E-state index contributed by atoms with van der Waals surface area (Å²) in [4.78, 5) is 38.2. The van der Waals surface area contributed by atoms with Crippen molar-refractivity contribution in [1.29, 1.82) is 0 Å². The third-order valence-corrected chi connectivity index (χ3v) is 6.66. The van der Waals surface area contributed by atoms with Gasteiger partial charge < -0.3 is 20.3 Å². The smallest absolute Gasteiger partial charge is 0.410 e. The largest absolute Gasteiger partial charge is 0.444 e. The highest BCUT2D eigenvalue weighted by molar-refractivity contribution is 5.97. The van der Waals surface area contributed by atoms with Gasteiger partial charge in [0.25, 0.3) is 5.91 Å². The fraction of sp³-hybridized carbons (Fsp3) is 0.500. The molecule has 3 aromatic rings. The lowest BCUT2D eigenvalue weighted by Gasteiger charge is -2.40. The maximum absolute atomic E-state index is 14.2. The van der Waals surface area contributed by atoms with Gasteiger partial charge in [-0.25, -0.2) is 19.2 Å². The van der Waals surface area contributed by atoms with Crippen LogP contribution in [0.5, 0.6) is 0 Å². The van der Waals surface area contributed by atoms with E-state index in [1.807, 2.05) is 20.8 Å². The monoisotopic (exact) mass is 468 g/mol. The van der Waals surface area contributed by atoms with E-state index in [0.29, 0.717) is 37.2 Å². The van der Waals surface area contributed by atoms with E-state index in [1.165, 1.54) is 10.5 Å². The molecule has 0 saturated carbocycles. The minimum Gasteiger partial charge on any atom is -0.444 e. The quantitative estimate of drug-likeness (QED) is 0.586. The van der Waals surface area contributed by atoms with E-state index < -0.39 is 11.4 Å². The van der Waals surface area contributed by atoms with Gasteiger partial charge >= 0.3 is 6.09 Å². The second kappa shape index (κ2) is 7.82. The van der Waals surface area contributed by atoms with Crippen LogP contribution in [-0.2, 0) is 4.74 Å². The molecular weight excluding hydrogens is 439 g/mol. The molecule has 2 aliphatic rings. The molecule has 0 aliphatic carbocycles. The number of carbonyl (C=O) groups excluding carboxylic acids is 2. The molecule has 1 unspecified atom stereocenters. The molecule has 34 heavy (non-hydrogen) atoms. The molecule has 1 aromatic carbocycles. The normalized spacial score (nSPS) is 21.1. The van der Waals surface area contributed by atoms with Crippen LogP contribution in [0.25, 0.3) is 16.6 Å². The lowest BCUT2D eigenvalue weighted by Crippen LogP contribution is -2.48. The van der Waals surface area contributed by atoms with Crippen LogP contribution in [0, 0.1) is 11.2 Å². The fourth-order valence-electron chi connectivity index (χ4n) is 5.12. The summed E-state index contributed by atoms with van der Waals surface area (Å²) in [5.41, 5.74) is 6.10. The van der Waals surface area contributed by atoms with Gasteiger partial charge in [-0.05, 0) is 52.2 Å². The number of hydrogen-bond acceptors (Lipinski definition) is 6. The Bertz CT molecular complexity index is 1300. The number of likely N-dealkylation sites (tertiary alicyclic amines) is 2. The molecule has 10 heteroatoms. The van der Waals surface area contributed by atoms with Gasteiger partial charge in [0.1, 0.15) is 28.3 Å². The molecule has 0 radical (unpaired) electrons. The number of benzene rings is 1. The number of amides is 2. The first-order chi connectivity index (χ1) is 16.1. The number of anilines is 1. The van der Waals surface area contributed by atoms with Crippen LogP contribution >= 0.6 is 0 Å². The minimum atomic E-state index is -0.547. The number of nitrogens with two attached hydrogens (primary N) is 1. The maximum Gasteiger partial charge on any atom is 0.410 e. The number of piperidine rings is 1. The first kappa shape index (κ1) is 22.4. The van der Waals surface area contributed by atoms with Crippen molar-refractivity contribution in [2.75, 3.05) is 31.9 Å². The Morgan fingerprint density at radius 2 is 1.88 bits per heavy atom. The van der Waals surface area contributed by atoms with Crippen LogP contribution in [0.15, 0.2) is 24.4 Å². The van der Waals surface area contributed by atoms with Crippen molar-refractivity contribution < 1.29 is 18.7 Å². The molecule has 2 saturated heterocycles. The molecule has 2 amide bonds. The van der Waals surface area contributed by atoms with E-state index in [2.05, 4.69) is 9.97 Å². The summed E-state index contributed by atoms with van der Waals surface area (Å²) in [6, 6.07) is 4.60. The van der Waals surface area contributed by atoms with Crippen molar-refractivity contribution in [2.45, 2.75) is 45.6 Å². The predicted molar refractivity (Wildman–Crippen MR) is 125 cm³/mol. The van der Waals surface area contributed by atoms with Gasteiger partial charge in [-0.1, -0.05) is 6.07 Å². The average Bonchev–Trinajstić information content (AvgIpc) is 3.39. The zero-order valence-corrected chi connectivity index (χ0v) is 19.7. The molecule has 5 rings (SSSR count). The van der Waals surface area contributed by atoms with Crippen LogP contribution in [0.2, 0.25) is 0 Å². The summed E-state index contributed by atoms with van der Waals surface area (Å²) < 4.78 is 21.3. The Balaban J connectivity index is 1.38. The summed E-state index contributed by atoms with van der Waals surface area (Å²) >= 11 is 0. The molecule has 2 N–H and O–H groups in total. The SMILES string of the molecule is CC(C)(C)OC(=O)N1CCC2(CCCN(C(=O)c3cn4c(N)nc5c(F)cccc5c4n3)C2)C1. The van der Waals surface area contributed by atoms with Crippen LogP contribution in [0.1, 0.15) is 50.5 Å². The van der Waals surface area contributed by atoms with Crippen LogP contribution in [0.3, 0.4) is 0 Å². The zero-order chi connectivity index (χ0) is 24.3. The molecular formula is C24H29FN6O3. The van der Waals surface area contributed by atoms with Gasteiger partial charge in [-0.3, -0.25) is 9.20 Å². The lowest BCUT2D eigenvalue weighted by atomic mass is 9.79. The van der Waals surface area contributed by atoms with Crippen LogP contribution in [0.4, 0.5) is 15.1 Å². The van der Waals surface area contributed by atoms with Crippen molar-refractivity contribution in [1.82, 2.24) is 24.2 Å². The summed E-state index contributed by atoms with van der Waals surface area (Å²) in [6.45, 7) is 7.90. The highest BCUT2D eigenvalue weighted by atomic mass is 19.1. The molecule has 4 heterocycles. The standard InChI is InChI=1S/C24H29FN6O3/c1-23(2,3)34-22(33)30-11-9-24(14-30)8-5-10-29(13-24)20(32)17-12-31-19(27-17)15-6-4-7-16(25)18(15)28-21(31)26/h4,6-7,12H,5,8-11,13-14H2,1-3H3,(H2,26,28). The van der Waals surface area contributed by atoms with E-state index in [0.717, 1.165) is 19.3 Å². The highest BCUT2D eigenvalue weighted by Crippen LogP contribution is 2.40. The summed E-state index contributed by atoms with van der Waals surface area (Å²) in [5.74, 6) is -0.628. The van der Waals surface area contributed by atoms with Crippen molar-refractivity contribution in [3.63, 3.8) is 0 Å². The number of carbonyl (C=O) groups is 2. The van der Waals surface area contributed by atoms with E-state index >= 15 is 0 Å². The van der Waals surface area contributed by atoms with Gasteiger partial charge in [0.15, 0.2) is 0 Å². The molecule has 2 aromatic heterocycles. The van der Waals surface area contributed by atoms with Crippen LogP contribution < -0.4 is 5.73 Å². The number of fused-ring (bicyclic) bond motifs is 3. The zero-order valence-electron chi connectivity index (χ0n) is 19.7. The Morgan fingerprint density at radius 1 is 1.12 bits per heavy atom. The van der Waals surface area contributed by atoms with Gasteiger partial charge in [0.05, 0.1) is 0 Å². The maximum atomic E-state index is 14.2. The number of rotatable bonds is 1. The van der Waals surface area contributed by atoms with E-state index in [-0.39, 0.29) is 34.6 Å². The number of para-hydroxylation sites is 1. The van der Waals surface area contributed by atoms with Gasteiger partial charge in [-0.15, -0.1) is 0 Å². The number of aromatic nitrogens is 3. The molecule has 180 valence electrons. The molecule has 1 atom stereocenters. The minimum absolute atomic E-state index is 0.0676. The van der Waals surface area contributed by atoms with Gasteiger partial charge in [-0.2, -0.15) is 0 Å². The fourth-order valence-corrected chi connectivity index (χ4v) is 5.12. The topological polar surface area (TPSA) is 106 Å². The number of hydrogen-bond donors (Lipinski definition) is 1. The number of ether oxygens (including phenoxy) is 1. The average molecular weight is 469 g/mol. The summed E-state index contributed by atoms with van der Waals surface area (Å²) in [6.07, 6.45) is 3.87. The van der Waals surface area contributed by atoms with Crippen molar-refractivity contribution >= 4 is 34.5 Å². The van der Waals surface area contributed by atoms with Crippen molar-refractivity contribution in [3.05, 3.63) is 35.9 Å². The second-order valence-electron chi connectivity index (χ2n) is 10.4. The van der Waals surface area contributed by atoms with E-state index in [9.17, 15) is 14.0 Å². The van der Waals surface area contributed by atoms with Gasteiger partial charge in [0.2, 0.25) is 5.95 Å². The molecule has 0 bridgehead atoms. The summed E-state index contributed by atoms with van der Waals surface area (Å²) in [7, 11) is 0. The third kappa shape index (κ3) is 3.91. The number of nitrogen functional groups attached to an aromatic ring is 1. The Hall–Kier alpha value is -3.43. The first-order valence-electron chi connectivity index (χ1n) is 11.6. The molecule has 1 spiro atoms. The highest BCUT2D eigenvalue weighted by Gasteiger charge is 2.45. The lowest BCUT2D eigenvalue weighted by molar-refractivity contribution is 0.0238. The molecule has 2 fully saturated rings. The Kier molecular flexibility index (Phi) is 5.14. The van der Waals surface area contributed by atoms with Crippen LogP contribution in [-0.4, -0.2) is 67.9 Å². The van der Waals surface area contributed by atoms with Gasteiger partial charge in [0, 0.05) is 43.2 Å². The molecule has 2 aliphatic heterocycles. The summed E-state index contributed by atoms with van der Waals surface area (Å²) in [5, 5.41) is 0.493. The number of imidazole rings is 1. The van der Waals surface area contributed by atoms with E-state index in [4.69, 9.17) is 10.5 Å². The van der Waals surface area contributed by atoms with E-state index in [1.54, 1.807) is 28.1 Å². The Labute approximate surface area is 196 Å². The Morgan fingerprint density at radius 3 is 2.65 bits per heavy atom.